The van der Waals surface area contributed by atoms with Crippen molar-refractivity contribution in [1.29, 1.82) is 0 Å². The first kappa shape index (κ1) is 17.6. The van der Waals surface area contributed by atoms with Gasteiger partial charge in [0, 0.05) is 18.7 Å². The second kappa shape index (κ2) is 7.94. The van der Waals surface area contributed by atoms with Gasteiger partial charge in [-0.1, -0.05) is 0 Å². The van der Waals surface area contributed by atoms with Gasteiger partial charge in [0.05, 0.1) is 12.7 Å². The number of nitrogens with one attached hydrogen (secondary N) is 1. The van der Waals surface area contributed by atoms with Crippen LogP contribution in [-0.2, 0) is 14.3 Å². The van der Waals surface area contributed by atoms with Crippen LogP contribution in [0.3, 0.4) is 0 Å². The average molecular weight is 281 g/mol. The van der Waals surface area contributed by atoms with Gasteiger partial charge in [0.2, 0.25) is 5.91 Å². The van der Waals surface area contributed by atoms with Crippen LogP contribution in [0.25, 0.3) is 0 Å². The quantitative estimate of drug-likeness (QED) is 0.756. The monoisotopic (exact) mass is 280 g/mol. The Morgan fingerprint density at radius 2 is 2.28 bits per heavy atom. The van der Waals surface area contributed by atoms with Crippen molar-refractivity contribution in [3.63, 3.8) is 0 Å². The number of ether oxygens (including phenoxy) is 2. The van der Waals surface area contributed by atoms with Gasteiger partial charge in [-0.3, -0.25) is 4.79 Å². The molecule has 1 rings (SSSR count). The number of rotatable bonds is 6. The number of amides is 1. The van der Waals surface area contributed by atoms with Gasteiger partial charge in [-0.15, -0.1) is 12.4 Å². The molecule has 0 aromatic heterocycles. The third kappa shape index (κ3) is 6.00. The smallest absolute Gasteiger partial charge is 0.249 e. The molecule has 1 fully saturated rings. The second-order valence-corrected chi connectivity index (χ2v) is 5.19. The van der Waals surface area contributed by atoms with E-state index in [1.54, 1.807) is 6.92 Å². The van der Waals surface area contributed by atoms with Crippen LogP contribution in [0.4, 0.5) is 0 Å². The number of carbonyl (C=O) groups excluding carboxylic acids is 1. The molecule has 1 heterocycles. The Morgan fingerprint density at radius 3 is 2.78 bits per heavy atom. The summed E-state index contributed by atoms with van der Waals surface area (Å²) in [4.78, 5) is 11.8. The molecule has 1 saturated heterocycles. The molecule has 0 aromatic rings. The van der Waals surface area contributed by atoms with Crippen LogP contribution in [0.2, 0.25) is 0 Å². The number of nitrogens with two attached hydrogens (primary N) is 1. The maximum absolute atomic E-state index is 11.8. The van der Waals surface area contributed by atoms with Crippen molar-refractivity contribution in [3.05, 3.63) is 0 Å². The standard InChI is InChI=1S/C12H24N2O3.ClH/c1-9(11(15)14-12(2,3)8-13)17-7-10-5-4-6-16-10;/h9-10H,4-8,13H2,1-3H3,(H,14,15);1H. The van der Waals surface area contributed by atoms with E-state index in [2.05, 4.69) is 5.32 Å². The predicted octanol–water partition coefficient (Wildman–Crippen LogP) is 0.846. The van der Waals surface area contributed by atoms with Crippen LogP contribution in [0.1, 0.15) is 33.6 Å². The van der Waals surface area contributed by atoms with Gasteiger partial charge < -0.3 is 20.5 Å². The number of carbonyl (C=O) groups is 1. The predicted molar refractivity (Wildman–Crippen MR) is 72.9 cm³/mol. The number of halogens is 1. The van der Waals surface area contributed by atoms with Crippen molar-refractivity contribution in [1.82, 2.24) is 5.32 Å². The molecule has 2 atom stereocenters. The molecule has 3 N–H and O–H groups in total. The summed E-state index contributed by atoms with van der Waals surface area (Å²) in [7, 11) is 0. The van der Waals surface area contributed by atoms with Gasteiger partial charge in [-0.05, 0) is 33.6 Å². The zero-order chi connectivity index (χ0) is 12.9. The Bertz CT molecular complexity index is 256. The maximum atomic E-state index is 11.8. The van der Waals surface area contributed by atoms with Gasteiger partial charge >= 0.3 is 0 Å². The molecule has 2 unspecified atom stereocenters. The molecule has 1 aliphatic heterocycles. The molecular weight excluding hydrogens is 256 g/mol. The fourth-order valence-corrected chi connectivity index (χ4v) is 1.59. The molecule has 18 heavy (non-hydrogen) atoms. The molecule has 0 aliphatic carbocycles. The summed E-state index contributed by atoms with van der Waals surface area (Å²) in [6.07, 6.45) is 1.77. The lowest BCUT2D eigenvalue weighted by atomic mass is 10.1. The van der Waals surface area contributed by atoms with Crippen molar-refractivity contribution >= 4 is 18.3 Å². The average Bonchev–Trinajstić information content (AvgIpc) is 2.78. The molecule has 1 aliphatic rings. The highest BCUT2D eigenvalue weighted by Gasteiger charge is 2.24. The zero-order valence-electron chi connectivity index (χ0n) is 11.4. The Hall–Kier alpha value is -0.360. The normalized spacial score (nSPS) is 21.2. The summed E-state index contributed by atoms with van der Waals surface area (Å²) in [5, 5.41) is 2.85. The summed E-state index contributed by atoms with van der Waals surface area (Å²) in [6.45, 7) is 7.20. The van der Waals surface area contributed by atoms with Crippen LogP contribution in [0, 0.1) is 0 Å². The van der Waals surface area contributed by atoms with E-state index in [9.17, 15) is 4.79 Å². The lowest BCUT2D eigenvalue weighted by Crippen LogP contribution is -2.52. The summed E-state index contributed by atoms with van der Waals surface area (Å²) < 4.78 is 10.9. The van der Waals surface area contributed by atoms with Gasteiger partial charge in [-0.25, -0.2) is 0 Å². The van der Waals surface area contributed by atoms with Gasteiger partial charge in [0.1, 0.15) is 6.10 Å². The fraction of sp³-hybridized carbons (Fsp3) is 0.917. The van der Waals surface area contributed by atoms with Crippen molar-refractivity contribution < 1.29 is 14.3 Å². The van der Waals surface area contributed by atoms with Crippen LogP contribution in [0.15, 0.2) is 0 Å². The van der Waals surface area contributed by atoms with Crippen LogP contribution in [0.5, 0.6) is 0 Å². The fourth-order valence-electron chi connectivity index (χ4n) is 1.59. The van der Waals surface area contributed by atoms with Crippen LogP contribution >= 0.6 is 12.4 Å². The molecule has 0 saturated carbocycles. The Kier molecular flexibility index (Phi) is 7.78. The number of hydrogen-bond acceptors (Lipinski definition) is 4. The Labute approximate surface area is 115 Å². The minimum atomic E-state index is -0.468. The molecule has 108 valence electrons. The highest BCUT2D eigenvalue weighted by atomic mass is 35.5. The van der Waals surface area contributed by atoms with E-state index in [1.807, 2.05) is 13.8 Å². The molecule has 0 bridgehead atoms. The second-order valence-electron chi connectivity index (χ2n) is 5.19. The first-order valence-electron chi connectivity index (χ1n) is 6.20. The molecular formula is C12H25ClN2O3. The van der Waals surface area contributed by atoms with E-state index in [1.165, 1.54) is 0 Å². The van der Waals surface area contributed by atoms with Crippen molar-refractivity contribution in [2.24, 2.45) is 5.73 Å². The summed E-state index contributed by atoms with van der Waals surface area (Å²) in [6, 6.07) is 0. The minimum absolute atomic E-state index is 0. The van der Waals surface area contributed by atoms with Crippen molar-refractivity contribution in [2.75, 3.05) is 19.8 Å². The minimum Gasteiger partial charge on any atom is -0.376 e. The highest BCUT2D eigenvalue weighted by Crippen LogP contribution is 2.13. The summed E-state index contributed by atoms with van der Waals surface area (Å²) in [5.74, 6) is -0.126. The van der Waals surface area contributed by atoms with E-state index < -0.39 is 11.6 Å². The molecule has 0 spiro atoms. The topological polar surface area (TPSA) is 73.6 Å². The Balaban J connectivity index is 0.00000289. The SMILES string of the molecule is CC(OCC1CCCO1)C(=O)NC(C)(C)CN.Cl. The van der Waals surface area contributed by atoms with Gasteiger partial charge in [-0.2, -0.15) is 0 Å². The largest absolute Gasteiger partial charge is 0.376 e. The van der Waals surface area contributed by atoms with Gasteiger partial charge in [0.25, 0.3) is 0 Å². The summed E-state index contributed by atoms with van der Waals surface area (Å²) >= 11 is 0. The van der Waals surface area contributed by atoms with Crippen LogP contribution < -0.4 is 11.1 Å². The first-order chi connectivity index (χ1) is 7.94. The summed E-state index contributed by atoms with van der Waals surface area (Å²) in [5.41, 5.74) is 5.16. The van der Waals surface area contributed by atoms with Crippen molar-refractivity contribution in [2.45, 2.75) is 51.4 Å². The molecule has 0 aromatic carbocycles. The molecule has 0 radical (unpaired) electrons. The lowest BCUT2D eigenvalue weighted by Gasteiger charge is -2.26. The maximum Gasteiger partial charge on any atom is 0.249 e. The zero-order valence-corrected chi connectivity index (χ0v) is 12.2. The third-order valence-corrected chi connectivity index (χ3v) is 2.90. The third-order valence-electron chi connectivity index (χ3n) is 2.90. The van der Waals surface area contributed by atoms with E-state index >= 15 is 0 Å². The molecule has 6 heteroatoms. The number of hydrogen-bond donors (Lipinski definition) is 2. The van der Waals surface area contributed by atoms with E-state index in [0.717, 1.165) is 19.4 Å². The Morgan fingerprint density at radius 1 is 1.61 bits per heavy atom. The molecule has 1 amide bonds. The van der Waals surface area contributed by atoms with E-state index in [0.29, 0.717) is 13.2 Å². The van der Waals surface area contributed by atoms with Crippen molar-refractivity contribution in [3.8, 4) is 0 Å². The van der Waals surface area contributed by atoms with E-state index in [4.69, 9.17) is 15.2 Å². The lowest BCUT2D eigenvalue weighted by molar-refractivity contribution is -0.135. The van der Waals surface area contributed by atoms with Gasteiger partial charge in [0.15, 0.2) is 0 Å². The molecule has 5 nitrogen and oxygen atoms in total. The first-order valence-corrected chi connectivity index (χ1v) is 6.20. The van der Waals surface area contributed by atoms with E-state index in [-0.39, 0.29) is 24.4 Å². The highest BCUT2D eigenvalue weighted by molar-refractivity contribution is 5.85. The van der Waals surface area contributed by atoms with Crippen LogP contribution in [-0.4, -0.2) is 43.4 Å².